The molecule has 7 heteroatoms. The Morgan fingerprint density at radius 3 is 2.29 bits per heavy atom. The van der Waals surface area contributed by atoms with Gasteiger partial charge in [0.25, 0.3) is 0 Å². The first-order chi connectivity index (χ1) is 19.9. The van der Waals surface area contributed by atoms with Gasteiger partial charge in [0.1, 0.15) is 6.10 Å². The van der Waals surface area contributed by atoms with Crippen molar-refractivity contribution in [2.24, 2.45) is 0 Å². The number of aliphatic hydroxyl groups is 1. The van der Waals surface area contributed by atoms with Crippen LogP contribution < -0.4 is 0 Å². The number of unbranched alkanes of at least 4 members (excludes halogenated alkanes) is 10. The van der Waals surface area contributed by atoms with Crippen molar-refractivity contribution >= 4 is 17.1 Å². The van der Waals surface area contributed by atoms with E-state index in [1.807, 2.05) is 6.92 Å². The van der Waals surface area contributed by atoms with Gasteiger partial charge in [-0.05, 0) is 82.6 Å². The second-order valence-corrected chi connectivity index (χ2v) is 12.9. The van der Waals surface area contributed by atoms with Crippen molar-refractivity contribution in [1.82, 2.24) is 0 Å². The van der Waals surface area contributed by atoms with E-state index in [9.17, 15) is 19.6 Å². The molecule has 41 heavy (non-hydrogen) atoms. The van der Waals surface area contributed by atoms with Gasteiger partial charge in [-0.15, -0.1) is 5.73 Å². The minimum Gasteiger partial charge on any atom is -0.611 e. The number of hydrogen-bond acceptors (Lipinski definition) is 5. The van der Waals surface area contributed by atoms with Crippen LogP contribution in [0.5, 0.6) is 0 Å². The SMILES string of the molecule is CCCCCCCC=C=CCCCCCCCC(CC(O)[C@@H](C(=O)O)[S+]([O-])c1ccc(C)cc1)OC1CCCCO1. The van der Waals surface area contributed by atoms with E-state index in [1.165, 1.54) is 32.1 Å². The minimum absolute atomic E-state index is 0.115. The number of allylic oxidation sites excluding steroid dienone is 1. The number of hydrogen-bond donors (Lipinski definition) is 2. The van der Waals surface area contributed by atoms with Gasteiger partial charge in [-0.2, -0.15) is 0 Å². The average molecular weight is 591 g/mol. The van der Waals surface area contributed by atoms with Crippen molar-refractivity contribution in [3.63, 3.8) is 0 Å². The van der Waals surface area contributed by atoms with E-state index in [4.69, 9.17) is 9.47 Å². The number of benzene rings is 1. The maximum atomic E-state index is 13.1. The Balaban J connectivity index is 1.77. The first-order valence-electron chi connectivity index (χ1n) is 16.0. The van der Waals surface area contributed by atoms with Gasteiger partial charge >= 0.3 is 5.97 Å². The van der Waals surface area contributed by atoms with Crippen LogP contribution in [-0.2, 0) is 25.4 Å². The summed E-state index contributed by atoms with van der Waals surface area (Å²) in [5.74, 6) is -1.26. The van der Waals surface area contributed by atoms with Gasteiger partial charge in [-0.25, -0.2) is 4.79 Å². The number of carboxylic acid groups (broad SMARTS) is 1. The van der Waals surface area contributed by atoms with Crippen LogP contribution in [0.15, 0.2) is 47.0 Å². The molecule has 1 aliphatic rings. The quantitative estimate of drug-likeness (QED) is 0.0806. The molecule has 0 amide bonds. The van der Waals surface area contributed by atoms with Gasteiger partial charge in [0, 0.05) is 24.2 Å². The van der Waals surface area contributed by atoms with E-state index in [0.717, 1.165) is 69.8 Å². The van der Waals surface area contributed by atoms with Crippen LogP contribution in [0, 0.1) is 6.92 Å². The zero-order valence-electron chi connectivity index (χ0n) is 25.4. The maximum Gasteiger partial charge on any atom is 0.360 e. The zero-order valence-corrected chi connectivity index (χ0v) is 26.3. The van der Waals surface area contributed by atoms with Crippen molar-refractivity contribution in [2.45, 2.75) is 152 Å². The third kappa shape index (κ3) is 15.4. The lowest BCUT2D eigenvalue weighted by Crippen LogP contribution is -2.43. The molecule has 6 nitrogen and oxygen atoms in total. The van der Waals surface area contributed by atoms with Crippen LogP contribution >= 0.6 is 0 Å². The molecule has 1 aromatic rings. The molecule has 5 atom stereocenters. The van der Waals surface area contributed by atoms with Crippen molar-refractivity contribution < 1.29 is 29.0 Å². The molecule has 0 spiro atoms. The lowest BCUT2D eigenvalue weighted by Gasteiger charge is -2.30. The Labute approximate surface area is 251 Å². The van der Waals surface area contributed by atoms with Crippen LogP contribution in [0.2, 0.25) is 0 Å². The van der Waals surface area contributed by atoms with E-state index in [1.54, 1.807) is 24.3 Å². The van der Waals surface area contributed by atoms with Gasteiger partial charge in [0.15, 0.2) is 11.2 Å². The van der Waals surface area contributed by atoms with Crippen LogP contribution in [0.3, 0.4) is 0 Å². The Kier molecular flexibility index (Phi) is 19.1. The molecule has 232 valence electrons. The molecule has 0 aliphatic carbocycles. The molecule has 1 aliphatic heterocycles. The summed E-state index contributed by atoms with van der Waals surface area (Å²) in [5.41, 5.74) is 4.32. The molecule has 0 bridgehead atoms. The third-order valence-corrected chi connectivity index (χ3v) is 9.34. The highest BCUT2D eigenvalue weighted by Gasteiger charge is 2.40. The zero-order chi connectivity index (χ0) is 29.7. The van der Waals surface area contributed by atoms with Crippen molar-refractivity contribution in [2.75, 3.05) is 6.61 Å². The predicted molar refractivity (Wildman–Crippen MR) is 166 cm³/mol. The van der Waals surface area contributed by atoms with E-state index in [2.05, 4.69) is 24.8 Å². The van der Waals surface area contributed by atoms with Crippen molar-refractivity contribution in [3.05, 3.63) is 47.7 Å². The standard InChI is InChI=1S/C34H54O6S/c1-3-4-5-6-7-8-9-10-11-12-13-14-15-16-17-20-29(40-32-21-18-19-26-39-32)27-31(35)33(34(36)37)41(38)30-24-22-28(2)23-25-30/h9,11,22-25,29,31-33,35H,3-8,12-21,26-27H2,1-2H3,(H,36,37)/t10?,29?,31?,32?,33-,41?/m0/s1. The molecule has 1 fully saturated rings. The molecule has 4 unspecified atom stereocenters. The molecular weight excluding hydrogens is 536 g/mol. The first kappa shape index (κ1) is 35.6. The maximum absolute atomic E-state index is 13.1. The first-order valence-corrected chi connectivity index (χ1v) is 17.2. The molecule has 2 N–H and O–H groups in total. The highest BCUT2D eigenvalue weighted by atomic mass is 32.2. The average Bonchev–Trinajstić information content (AvgIpc) is 2.95. The van der Waals surface area contributed by atoms with E-state index in [-0.39, 0.29) is 18.8 Å². The van der Waals surface area contributed by atoms with Crippen LogP contribution in [0.25, 0.3) is 0 Å². The fourth-order valence-corrected chi connectivity index (χ4v) is 6.41. The number of aliphatic hydroxyl groups excluding tert-OH is 1. The molecule has 1 saturated heterocycles. The number of aryl methyl sites for hydroxylation is 1. The summed E-state index contributed by atoms with van der Waals surface area (Å²) in [6.07, 6.45) is 20.1. The lowest BCUT2D eigenvalue weighted by molar-refractivity contribution is -0.194. The third-order valence-electron chi connectivity index (χ3n) is 7.63. The second-order valence-electron chi connectivity index (χ2n) is 11.3. The van der Waals surface area contributed by atoms with Crippen molar-refractivity contribution in [1.29, 1.82) is 0 Å². The number of carboxylic acids is 1. The largest absolute Gasteiger partial charge is 0.611 e. The van der Waals surface area contributed by atoms with Crippen LogP contribution in [0.1, 0.15) is 122 Å². The van der Waals surface area contributed by atoms with Gasteiger partial charge < -0.3 is 24.2 Å². The number of aliphatic carboxylic acids is 1. The highest BCUT2D eigenvalue weighted by Crippen LogP contribution is 2.26. The molecule has 0 saturated carbocycles. The van der Waals surface area contributed by atoms with E-state index in [0.29, 0.717) is 17.9 Å². The van der Waals surface area contributed by atoms with Gasteiger partial charge in [-0.1, -0.05) is 76.0 Å². The molecule has 0 aromatic heterocycles. The van der Waals surface area contributed by atoms with Crippen LogP contribution in [0.4, 0.5) is 0 Å². The van der Waals surface area contributed by atoms with Crippen LogP contribution in [-0.4, -0.2) is 51.1 Å². The monoisotopic (exact) mass is 590 g/mol. The Bertz CT molecular complexity index is 876. The highest BCUT2D eigenvalue weighted by molar-refractivity contribution is 7.92. The Morgan fingerprint density at radius 2 is 1.68 bits per heavy atom. The molecule has 0 radical (unpaired) electrons. The fraction of sp³-hybridized carbons (Fsp3) is 0.706. The van der Waals surface area contributed by atoms with E-state index < -0.39 is 28.5 Å². The second kappa shape index (κ2) is 22.0. The van der Waals surface area contributed by atoms with Crippen molar-refractivity contribution in [3.8, 4) is 0 Å². The molecule has 1 aromatic carbocycles. The summed E-state index contributed by atoms with van der Waals surface area (Å²) in [6.45, 7) is 4.81. The van der Waals surface area contributed by atoms with E-state index >= 15 is 0 Å². The summed E-state index contributed by atoms with van der Waals surface area (Å²) in [7, 11) is 0. The Morgan fingerprint density at radius 1 is 1.05 bits per heavy atom. The number of rotatable bonds is 22. The smallest absolute Gasteiger partial charge is 0.360 e. The molecule has 1 heterocycles. The summed E-state index contributed by atoms with van der Waals surface area (Å²) >= 11 is -1.88. The topological polar surface area (TPSA) is 99.1 Å². The Hall–Kier alpha value is -1.60. The molecule has 2 rings (SSSR count). The number of ether oxygens (including phenoxy) is 2. The summed E-state index contributed by atoms with van der Waals surface area (Å²) in [4.78, 5) is 12.5. The summed E-state index contributed by atoms with van der Waals surface area (Å²) in [5, 5.41) is 19.4. The fourth-order valence-electron chi connectivity index (χ4n) is 5.13. The predicted octanol–water partition coefficient (Wildman–Crippen LogP) is 8.02. The number of carbonyl (C=O) groups is 1. The van der Waals surface area contributed by atoms with Gasteiger partial charge in [-0.3, -0.25) is 0 Å². The normalized spacial score (nSPS) is 18.2. The lowest BCUT2D eigenvalue weighted by atomic mass is 10.0. The van der Waals surface area contributed by atoms with Gasteiger partial charge in [0.2, 0.25) is 5.25 Å². The minimum atomic E-state index is -1.88. The molecular formula is C34H54O6S. The summed E-state index contributed by atoms with van der Waals surface area (Å²) in [6, 6.07) is 6.93. The van der Waals surface area contributed by atoms with Gasteiger partial charge in [0.05, 0.1) is 6.10 Å². The summed E-state index contributed by atoms with van der Waals surface area (Å²) < 4.78 is 25.1.